The monoisotopic (exact) mass is 285 g/mol. The van der Waals surface area contributed by atoms with Crippen LogP contribution in [0.2, 0.25) is 0 Å². The fourth-order valence-corrected chi connectivity index (χ4v) is 2.48. The lowest BCUT2D eigenvalue weighted by Gasteiger charge is -2.35. The molecular formula is C8H15O7P2-3. The minimum absolute atomic E-state index is 0.262. The molecule has 0 aromatic rings. The Labute approximate surface area is 100 Å². The Morgan fingerprint density at radius 3 is 2.29 bits per heavy atom. The summed E-state index contributed by atoms with van der Waals surface area (Å²) >= 11 is 0. The van der Waals surface area contributed by atoms with Crippen LogP contribution in [0.1, 0.15) is 32.6 Å². The summed E-state index contributed by atoms with van der Waals surface area (Å²) in [7, 11) is -10.7. The highest BCUT2D eigenvalue weighted by Gasteiger charge is 2.11. The van der Waals surface area contributed by atoms with Gasteiger partial charge in [-0.3, -0.25) is 8.88 Å². The van der Waals surface area contributed by atoms with Crippen molar-refractivity contribution in [3.8, 4) is 0 Å². The molecule has 0 aromatic carbocycles. The zero-order valence-corrected chi connectivity index (χ0v) is 11.3. The molecule has 0 fully saturated rings. The molecule has 0 saturated heterocycles. The predicted molar refractivity (Wildman–Crippen MR) is 55.5 cm³/mol. The first-order valence-corrected chi connectivity index (χ1v) is 7.94. The average molecular weight is 285 g/mol. The summed E-state index contributed by atoms with van der Waals surface area (Å²) < 4.78 is 28.4. The van der Waals surface area contributed by atoms with Crippen molar-refractivity contribution in [1.82, 2.24) is 0 Å². The van der Waals surface area contributed by atoms with Gasteiger partial charge in [0.2, 0.25) is 0 Å². The van der Waals surface area contributed by atoms with Gasteiger partial charge in [0.05, 0.1) is 14.4 Å². The first-order chi connectivity index (χ1) is 7.66. The summed E-state index contributed by atoms with van der Waals surface area (Å²) in [5.74, 6) is 0. The van der Waals surface area contributed by atoms with Gasteiger partial charge in [-0.2, -0.15) is 0 Å². The van der Waals surface area contributed by atoms with Gasteiger partial charge in [0.25, 0.3) is 7.82 Å². The zero-order chi connectivity index (χ0) is 13.5. The third kappa shape index (κ3) is 10.9. The van der Waals surface area contributed by atoms with E-state index in [-0.39, 0.29) is 13.0 Å². The second-order valence-corrected chi connectivity index (χ2v) is 6.11. The van der Waals surface area contributed by atoms with Gasteiger partial charge >= 0.3 is 0 Å². The van der Waals surface area contributed by atoms with Crippen LogP contribution in [0, 0.1) is 0 Å². The van der Waals surface area contributed by atoms with E-state index in [2.05, 4.69) is 15.4 Å². The lowest BCUT2D eigenvalue weighted by molar-refractivity contribution is -0.339. The van der Waals surface area contributed by atoms with E-state index in [1.807, 2.05) is 6.92 Å². The Morgan fingerprint density at radius 1 is 1.24 bits per heavy atom. The van der Waals surface area contributed by atoms with Crippen molar-refractivity contribution in [3.63, 3.8) is 0 Å². The van der Waals surface area contributed by atoms with Gasteiger partial charge in [-0.1, -0.05) is 25.5 Å². The van der Waals surface area contributed by atoms with Gasteiger partial charge < -0.3 is 23.8 Å². The molecule has 0 heterocycles. The quantitative estimate of drug-likeness (QED) is 0.445. The van der Waals surface area contributed by atoms with E-state index in [0.29, 0.717) is 0 Å². The third-order valence-electron chi connectivity index (χ3n) is 1.79. The van der Waals surface area contributed by atoms with Crippen molar-refractivity contribution in [1.29, 1.82) is 0 Å². The molecule has 0 bridgehead atoms. The van der Waals surface area contributed by atoms with E-state index >= 15 is 0 Å². The molecule has 0 rings (SSSR count). The minimum atomic E-state index is -5.59. The number of phosphoric ester groups is 1. The molecule has 1 atom stereocenters. The van der Waals surface area contributed by atoms with E-state index in [9.17, 15) is 23.8 Å². The van der Waals surface area contributed by atoms with E-state index in [4.69, 9.17) is 0 Å². The molecule has 7 nitrogen and oxygen atoms in total. The second-order valence-electron chi connectivity index (χ2n) is 3.41. The average Bonchev–Trinajstić information content (AvgIpc) is 2.10. The maximum absolute atomic E-state index is 10.8. The summed E-state index contributed by atoms with van der Waals surface area (Å²) in [6.07, 6.45) is 2.92. The highest BCUT2D eigenvalue weighted by atomic mass is 31.3. The van der Waals surface area contributed by atoms with Crippen LogP contribution < -0.4 is 14.7 Å². The van der Waals surface area contributed by atoms with Gasteiger partial charge in [-0.25, -0.2) is 0 Å². The smallest absolute Gasteiger partial charge is 0.271 e. The van der Waals surface area contributed by atoms with Crippen LogP contribution >= 0.6 is 15.6 Å². The van der Waals surface area contributed by atoms with E-state index in [0.717, 1.165) is 24.8 Å². The van der Waals surface area contributed by atoms with Crippen LogP contribution in [0.15, 0.2) is 12.2 Å². The van der Waals surface area contributed by atoms with Gasteiger partial charge in [0.1, 0.15) is 0 Å². The molecule has 0 radical (unpaired) electrons. The second kappa shape index (κ2) is 7.44. The predicted octanol–water partition coefficient (Wildman–Crippen LogP) is 0.453. The molecule has 102 valence electrons. The Bertz CT molecular complexity index is 335. The summed E-state index contributed by atoms with van der Waals surface area (Å²) in [6, 6.07) is 0. The summed E-state index contributed by atoms with van der Waals surface area (Å²) in [6.45, 7) is 5.41. The van der Waals surface area contributed by atoms with Crippen LogP contribution in [0.4, 0.5) is 0 Å². The molecule has 1 unspecified atom stereocenters. The van der Waals surface area contributed by atoms with Crippen molar-refractivity contribution in [2.45, 2.75) is 32.6 Å². The van der Waals surface area contributed by atoms with Gasteiger partial charge in [-0.05, 0) is 19.3 Å². The van der Waals surface area contributed by atoms with Crippen LogP contribution in [0.3, 0.4) is 0 Å². The first kappa shape index (κ1) is 17.0. The van der Waals surface area contributed by atoms with Crippen LogP contribution in [-0.2, 0) is 18.0 Å². The van der Waals surface area contributed by atoms with Crippen LogP contribution in [0.5, 0.6) is 0 Å². The van der Waals surface area contributed by atoms with Gasteiger partial charge in [-0.15, -0.1) is 0 Å². The SMILES string of the molecule is C=C(CCCC)CCOP(=O)([O-])OP(=O)([O-])[O-]. The van der Waals surface area contributed by atoms with Crippen molar-refractivity contribution < 1.29 is 32.6 Å². The molecule has 0 aliphatic heterocycles. The Balaban J connectivity index is 3.91. The number of unbranched alkanes of at least 4 members (excludes halogenated alkanes) is 1. The number of rotatable bonds is 9. The van der Waals surface area contributed by atoms with Crippen molar-refractivity contribution in [2.75, 3.05) is 6.61 Å². The lowest BCUT2D eigenvalue weighted by Crippen LogP contribution is -2.19. The van der Waals surface area contributed by atoms with Crippen molar-refractivity contribution in [3.05, 3.63) is 12.2 Å². The van der Waals surface area contributed by atoms with Crippen molar-refractivity contribution in [2.24, 2.45) is 0 Å². The molecule has 0 aliphatic rings. The van der Waals surface area contributed by atoms with Gasteiger partial charge in [0, 0.05) is 0 Å². The van der Waals surface area contributed by atoms with E-state index < -0.39 is 15.6 Å². The number of hydrogen-bond acceptors (Lipinski definition) is 7. The molecule has 0 saturated carbocycles. The number of phosphoric acid groups is 2. The summed E-state index contributed by atoms with van der Waals surface area (Å²) in [5.41, 5.74) is 0.791. The minimum Gasteiger partial charge on any atom is -0.790 e. The standard InChI is InChI=1S/C8H18O7P2/c1-3-4-5-8(2)6-7-14-17(12,13)15-16(9,10)11/h2-7H2,1H3,(H,12,13)(H2,9,10,11)/p-3. The maximum atomic E-state index is 10.8. The maximum Gasteiger partial charge on any atom is 0.271 e. The van der Waals surface area contributed by atoms with Gasteiger partial charge in [0.15, 0.2) is 0 Å². The molecular weight excluding hydrogens is 270 g/mol. The third-order valence-corrected chi connectivity index (χ3v) is 3.89. The first-order valence-electron chi connectivity index (χ1n) is 5.02. The van der Waals surface area contributed by atoms with Crippen LogP contribution in [0.25, 0.3) is 0 Å². The Hall–Kier alpha value is -0.0000000000000000416. The highest BCUT2D eigenvalue weighted by Crippen LogP contribution is 2.50. The molecule has 0 aromatic heterocycles. The Morgan fingerprint density at radius 2 is 1.82 bits per heavy atom. The summed E-state index contributed by atoms with van der Waals surface area (Å²) in [5, 5.41) is 0. The lowest BCUT2D eigenvalue weighted by atomic mass is 10.1. The molecule has 17 heavy (non-hydrogen) atoms. The number of hydrogen-bond donors (Lipinski definition) is 0. The fourth-order valence-electron chi connectivity index (χ4n) is 1.000. The molecule has 0 N–H and O–H groups in total. The van der Waals surface area contributed by atoms with Crippen LogP contribution in [-0.4, -0.2) is 6.61 Å². The highest BCUT2D eigenvalue weighted by molar-refractivity contribution is 7.58. The van der Waals surface area contributed by atoms with Crippen molar-refractivity contribution >= 4 is 15.6 Å². The molecule has 0 aliphatic carbocycles. The summed E-state index contributed by atoms with van der Waals surface area (Å²) in [4.78, 5) is 31.0. The molecule has 0 amide bonds. The van der Waals surface area contributed by atoms with E-state index in [1.54, 1.807) is 0 Å². The zero-order valence-electron chi connectivity index (χ0n) is 9.49. The fraction of sp³-hybridized carbons (Fsp3) is 0.750. The normalized spacial score (nSPS) is 15.5. The molecule has 9 heteroatoms. The molecule has 0 spiro atoms. The van der Waals surface area contributed by atoms with E-state index in [1.165, 1.54) is 0 Å². The topological polar surface area (TPSA) is 122 Å². The largest absolute Gasteiger partial charge is 0.790 e. The Kier molecular flexibility index (Phi) is 7.44.